The number of benzene rings is 1. The Morgan fingerprint density at radius 3 is 2.93 bits per heavy atom. The van der Waals surface area contributed by atoms with Gasteiger partial charge in [-0.3, -0.25) is 4.79 Å². The molecule has 0 amide bonds. The molecule has 0 bridgehead atoms. The lowest BCUT2D eigenvalue weighted by molar-refractivity contribution is -0.116. The zero-order valence-electron chi connectivity index (χ0n) is 14.9. The van der Waals surface area contributed by atoms with Crippen LogP contribution in [0.4, 0.5) is 0 Å². The molecule has 0 unspecified atom stereocenters. The molecule has 1 atom stereocenters. The minimum atomic E-state index is -0.647. The van der Waals surface area contributed by atoms with Crippen LogP contribution < -0.4 is 15.2 Å². The summed E-state index contributed by atoms with van der Waals surface area (Å²) in [6.45, 7) is 3.87. The van der Waals surface area contributed by atoms with Gasteiger partial charge in [0.05, 0.1) is 18.1 Å². The van der Waals surface area contributed by atoms with Crippen molar-refractivity contribution >= 4 is 17.4 Å². The van der Waals surface area contributed by atoms with E-state index in [0.29, 0.717) is 52.7 Å². The second-order valence-electron chi connectivity index (χ2n) is 6.17. The molecule has 0 fully saturated rings. The summed E-state index contributed by atoms with van der Waals surface area (Å²) in [6.07, 6.45) is 3.29. The first-order chi connectivity index (χ1) is 13.0. The van der Waals surface area contributed by atoms with Gasteiger partial charge in [0.1, 0.15) is 24.0 Å². The standard InChI is InChI=1S/C20H19ClN2O4/c1-3-7-26-19-13(21)8-11(9-16(19)25-2)17-12(10-22)20(23)27-15-6-4-5-14(24)18(15)17/h3,8-9,17H,1,4-7,23H2,2H3/t17-/m1/s1. The summed E-state index contributed by atoms with van der Waals surface area (Å²) in [5.41, 5.74) is 7.23. The highest BCUT2D eigenvalue weighted by Crippen LogP contribution is 2.46. The van der Waals surface area contributed by atoms with Crippen molar-refractivity contribution in [3.63, 3.8) is 0 Å². The zero-order valence-corrected chi connectivity index (χ0v) is 15.6. The SMILES string of the molecule is C=CCOc1c(Cl)cc([C@@H]2C(C#N)=C(N)OC3=C2C(=O)CCC3)cc1OC. The van der Waals surface area contributed by atoms with Crippen molar-refractivity contribution in [2.45, 2.75) is 25.2 Å². The van der Waals surface area contributed by atoms with E-state index in [1.807, 2.05) is 0 Å². The smallest absolute Gasteiger partial charge is 0.205 e. The first-order valence-electron chi connectivity index (χ1n) is 8.46. The third-order valence-corrected chi connectivity index (χ3v) is 4.82. The number of nitriles is 1. The number of carbonyl (C=O) groups is 1. The van der Waals surface area contributed by atoms with Gasteiger partial charge < -0.3 is 19.9 Å². The molecule has 0 saturated heterocycles. The molecule has 140 valence electrons. The number of hydrogen-bond acceptors (Lipinski definition) is 6. The molecule has 1 heterocycles. The van der Waals surface area contributed by atoms with E-state index in [1.165, 1.54) is 7.11 Å². The van der Waals surface area contributed by atoms with Crippen molar-refractivity contribution in [3.05, 3.63) is 58.2 Å². The summed E-state index contributed by atoms with van der Waals surface area (Å²) in [5.74, 6) is 0.601. The quantitative estimate of drug-likeness (QED) is 0.775. The molecule has 0 aromatic heterocycles. The van der Waals surface area contributed by atoms with Gasteiger partial charge in [0.25, 0.3) is 0 Å². The number of nitrogens with two attached hydrogens (primary N) is 1. The Morgan fingerprint density at radius 1 is 1.48 bits per heavy atom. The van der Waals surface area contributed by atoms with E-state index < -0.39 is 5.92 Å². The van der Waals surface area contributed by atoms with E-state index in [-0.39, 0.29) is 23.8 Å². The summed E-state index contributed by atoms with van der Waals surface area (Å²) < 4.78 is 16.6. The highest BCUT2D eigenvalue weighted by molar-refractivity contribution is 6.32. The molecule has 0 spiro atoms. The van der Waals surface area contributed by atoms with Crippen LogP contribution in [0.3, 0.4) is 0 Å². The van der Waals surface area contributed by atoms with E-state index in [2.05, 4.69) is 12.6 Å². The molecule has 0 radical (unpaired) electrons. The van der Waals surface area contributed by atoms with Gasteiger partial charge in [-0.1, -0.05) is 24.3 Å². The first kappa shape index (κ1) is 18.9. The van der Waals surface area contributed by atoms with Crippen LogP contribution in [0, 0.1) is 11.3 Å². The largest absolute Gasteiger partial charge is 0.493 e. The molecule has 1 aromatic rings. The van der Waals surface area contributed by atoms with Crippen LogP contribution in [-0.4, -0.2) is 19.5 Å². The van der Waals surface area contributed by atoms with Crippen molar-refractivity contribution < 1.29 is 19.0 Å². The monoisotopic (exact) mass is 386 g/mol. The lowest BCUT2D eigenvalue weighted by Crippen LogP contribution is -2.27. The van der Waals surface area contributed by atoms with Crippen LogP contribution in [0.5, 0.6) is 11.5 Å². The maximum absolute atomic E-state index is 12.6. The van der Waals surface area contributed by atoms with Crippen LogP contribution in [0.15, 0.2) is 47.6 Å². The number of ketones is 1. The topological polar surface area (TPSA) is 94.6 Å². The normalized spacial score (nSPS) is 19.1. The van der Waals surface area contributed by atoms with Crippen molar-refractivity contribution in [2.75, 3.05) is 13.7 Å². The number of halogens is 1. The maximum Gasteiger partial charge on any atom is 0.205 e. The van der Waals surface area contributed by atoms with Gasteiger partial charge in [-0.05, 0) is 24.1 Å². The van der Waals surface area contributed by atoms with Gasteiger partial charge in [-0.2, -0.15) is 5.26 Å². The number of allylic oxidation sites excluding steroid dienone is 3. The molecule has 2 N–H and O–H groups in total. The summed E-state index contributed by atoms with van der Waals surface area (Å²) in [5, 5.41) is 9.94. The van der Waals surface area contributed by atoms with E-state index in [4.69, 9.17) is 31.5 Å². The fraction of sp³-hybridized carbons (Fsp3) is 0.300. The number of ether oxygens (including phenoxy) is 3. The number of methoxy groups -OCH3 is 1. The van der Waals surface area contributed by atoms with Gasteiger partial charge in [0.15, 0.2) is 17.3 Å². The number of carbonyl (C=O) groups excluding carboxylic acids is 1. The third kappa shape index (κ3) is 3.38. The maximum atomic E-state index is 12.6. The van der Waals surface area contributed by atoms with E-state index >= 15 is 0 Å². The van der Waals surface area contributed by atoms with Gasteiger partial charge in [0, 0.05) is 18.4 Å². The number of rotatable bonds is 5. The van der Waals surface area contributed by atoms with Crippen molar-refractivity contribution in [1.82, 2.24) is 0 Å². The lowest BCUT2D eigenvalue weighted by Gasteiger charge is -2.31. The van der Waals surface area contributed by atoms with Crippen molar-refractivity contribution in [2.24, 2.45) is 5.73 Å². The first-order valence-corrected chi connectivity index (χ1v) is 8.84. The third-order valence-electron chi connectivity index (χ3n) is 4.54. The average molecular weight is 387 g/mol. The minimum absolute atomic E-state index is 0.0121. The highest BCUT2D eigenvalue weighted by atomic mass is 35.5. The molecule has 1 aliphatic heterocycles. The predicted molar refractivity (Wildman–Crippen MR) is 100 cm³/mol. The molecule has 6 nitrogen and oxygen atoms in total. The second kappa shape index (κ2) is 7.77. The molecular weight excluding hydrogens is 368 g/mol. The molecule has 1 aliphatic carbocycles. The Labute approximate surface area is 162 Å². The Balaban J connectivity index is 2.17. The fourth-order valence-electron chi connectivity index (χ4n) is 3.38. The molecule has 3 rings (SSSR count). The number of hydrogen-bond donors (Lipinski definition) is 1. The number of nitrogens with zero attached hydrogens (tertiary/aromatic N) is 1. The van der Waals surface area contributed by atoms with E-state index in [9.17, 15) is 10.1 Å². The fourth-order valence-corrected chi connectivity index (χ4v) is 3.65. The highest BCUT2D eigenvalue weighted by Gasteiger charge is 2.38. The van der Waals surface area contributed by atoms with Crippen LogP contribution in [-0.2, 0) is 9.53 Å². The summed E-state index contributed by atoms with van der Waals surface area (Å²) in [6, 6.07) is 5.44. The van der Waals surface area contributed by atoms with Gasteiger partial charge >= 0.3 is 0 Å². The van der Waals surface area contributed by atoms with Gasteiger partial charge in [-0.15, -0.1) is 0 Å². The van der Waals surface area contributed by atoms with E-state index in [0.717, 1.165) is 0 Å². The van der Waals surface area contributed by atoms with Gasteiger partial charge in [-0.25, -0.2) is 0 Å². The minimum Gasteiger partial charge on any atom is -0.493 e. The van der Waals surface area contributed by atoms with E-state index in [1.54, 1.807) is 18.2 Å². The van der Waals surface area contributed by atoms with Gasteiger partial charge in [0.2, 0.25) is 5.88 Å². The molecule has 27 heavy (non-hydrogen) atoms. The van der Waals surface area contributed by atoms with Crippen LogP contribution in [0.1, 0.15) is 30.7 Å². The Bertz CT molecular complexity index is 911. The summed E-state index contributed by atoms with van der Waals surface area (Å²) >= 11 is 6.41. The molecule has 7 heteroatoms. The van der Waals surface area contributed by atoms with Crippen molar-refractivity contribution in [1.29, 1.82) is 5.26 Å². The van der Waals surface area contributed by atoms with Crippen LogP contribution in [0.2, 0.25) is 5.02 Å². The molecular formula is C20H19ClN2O4. The van der Waals surface area contributed by atoms with Crippen LogP contribution >= 0.6 is 11.6 Å². The lowest BCUT2D eigenvalue weighted by atomic mass is 9.77. The molecule has 1 aromatic carbocycles. The van der Waals surface area contributed by atoms with Crippen LogP contribution in [0.25, 0.3) is 0 Å². The summed E-state index contributed by atoms with van der Waals surface area (Å²) in [4.78, 5) is 12.6. The zero-order chi connectivity index (χ0) is 19.6. The Kier molecular flexibility index (Phi) is 5.43. The average Bonchev–Trinajstić information content (AvgIpc) is 2.65. The summed E-state index contributed by atoms with van der Waals surface area (Å²) in [7, 11) is 1.49. The molecule has 2 aliphatic rings. The van der Waals surface area contributed by atoms with Crippen molar-refractivity contribution in [3.8, 4) is 17.6 Å². The molecule has 0 saturated carbocycles. The number of Topliss-reactive ketones (excluding diaryl/α,β-unsaturated/α-hetero) is 1. The Hall–Kier alpha value is -2.91. The predicted octanol–water partition coefficient (Wildman–Crippen LogP) is 3.73. The second-order valence-corrected chi connectivity index (χ2v) is 6.58. The Morgan fingerprint density at radius 2 is 2.26 bits per heavy atom.